The topological polar surface area (TPSA) is 104 Å². The number of aryl methyl sites for hydroxylation is 1. The number of benzene rings is 1. The van der Waals surface area contributed by atoms with Gasteiger partial charge in [0.2, 0.25) is 0 Å². The number of alkyl halides is 3. The maximum absolute atomic E-state index is 12.9. The summed E-state index contributed by atoms with van der Waals surface area (Å²) in [6, 6.07) is 9.53. The molecule has 1 aliphatic heterocycles. The Hall–Kier alpha value is -3.65. The molecule has 2 atom stereocenters. The first-order valence-corrected chi connectivity index (χ1v) is 9.72. The summed E-state index contributed by atoms with van der Waals surface area (Å²) in [5, 5.41) is 19.8. The largest absolute Gasteiger partial charge is 0.488 e. The van der Waals surface area contributed by atoms with Crippen molar-refractivity contribution in [1.82, 2.24) is 14.5 Å². The Kier molecular flexibility index (Phi) is 5.48. The van der Waals surface area contributed by atoms with Gasteiger partial charge in [0.05, 0.1) is 11.1 Å². The van der Waals surface area contributed by atoms with Gasteiger partial charge >= 0.3 is 11.9 Å². The first kappa shape index (κ1) is 21.6. The van der Waals surface area contributed by atoms with E-state index in [0.29, 0.717) is 17.6 Å². The second-order valence-corrected chi connectivity index (χ2v) is 7.44. The summed E-state index contributed by atoms with van der Waals surface area (Å²) < 4.78 is 45.7. The number of aromatic nitrogens is 3. The van der Waals surface area contributed by atoms with Crippen molar-refractivity contribution < 1.29 is 23.0 Å². The summed E-state index contributed by atoms with van der Waals surface area (Å²) in [6.07, 6.45) is -6.02. The molecule has 1 fully saturated rings. The molecule has 0 aliphatic carbocycles. The van der Waals surface area contributed by atoms with Crippen molar-refractivity contribution in [2.45, 2.75) is 24.8 Å². The first-order chi connectivity index (χ1) is 15.2. The van der Waals surface area contributed by atoms with Crippen LogP contribution in [0.3, 0.4) is 0 Å². The fourth-order valence-corrected chi connectivity index (χ4v) is 3.65. The first-order valence-electron chi connectivity index (χ1n) is 9.72. The lowest BCUT2D eigenvalue weighted by atomic mass is 10.0. The molecule has 8 nitrogen and oxygen atoms in total. The molecule has 0 amide bonds. The molecule has 0 radical (unpaired) electrons. The van der Waals surface area contributed by atoms with Crippen molar-refractivity contribution in [1.29, 1.82) is 5.26 Å². The standard InChI is InChI=1S/C21H18F3N5O3/c1-28-15-6-5-13(10-25)26-18(15)19(27-20(28)31)29-8-7-17(16(30)11-29)32-14-4-2-3-12(9-14)21(22,23)24/h2-6,9,16-17,30H,7-8,11H2,1H3/t16-,17-/m1/s1. The van der Waals surface area contributed by atoms with Crippen LogP contribution in [-0.4, -0.2) is 44.9 Å². The van der Waals surface area contributed by atoms with E-state index in [2.05, 4.69) is 9.97 Å². The fourth-order valence-electron chi connectivity index (χ4n) is 3.65. The second-order valence-electron chi connectivity index (χ2n) is 7.44. The van der Waals surface area contributed by atoms with Gasteiger partial charge in [0.1, 0.15) is 35.2 Å². The van der Waals surface area contributed by atoms with Gasteiger partial charge in [0.25, 0.3) is 0 Å². The molecular formula is C21H18F3N5O3. The average molecular weight is 445 g/mol. The molecule has 0 spiro atoms. The number of piperidine rings is 1. The number of hydrogen-bond donors (Lipinski definition) is 1. The average Bonchev–Trinajstić information content (AvgIpc) is 2.77. The van der Waals surface area contributed by atoms with E-state index in [1.54, 1.807) is 18.0 Å². The van der Waals surface area contributed by atoms with Crippen molar-refractivity contribution in [3.8, 4) is 11.8 Å². The fraction of sp³-hybridized carbons (Fsp3) is 0.333. The van der Waals surface area contributed by atoms with Crippen molar-refractivity contribution in [2.75, 3.05) is 18.0 Å². The van der Waals surface area contributed by atoms with Crippen LogP contribution in [0, 0.1) is 11.3 Å². The second kappa shape index (κ2) is 8.12. The quantitative estimate of drug-likeness (QED) is 0.659. The predicted octanol–water partition coefficient (Wildman–Crippen LogP) is 2.24. The number of ether oxygens (including phenoxy) is 1. The van der Waals surface area contributed by atoms with Crippen LogP contribution in [0.4, 0.5) is 19.0 Å². The molecule has 1 aliphatic rings. The SMILES string of the molecule is Cn1c(=O)nc(N2CC[C@@H](Oc3cccc(C(F)(F)F)c3)[C@H](O)C2)c2nc(C#N)ccc21. The number of halogens is 3. The van der Waals surface area contributed by atoms with Crippen LogP contribution < -0.4 is 15.3 Å². The lowest BCUT2D eigenvalue weighted by Crippen LogP contribution is -2.50. The van der Waals surface area contributed by atoms with E-state index in [9.17, 15) is 23.1 Å². The Bertz CT molecular complexity index is 1270. The van der Waals surface area contributed by atoms with Gasteiger partial charge in [-0.15, -0.1) is 0 Å². The van der Waals surface area contributed by atoms with Crippen LogP contribution in [-0.2, 0) is 13.2 Å². The molecule has 1 N–H and O–H groups in total. The van der Waals surface area contributed by atoms with Gasteiger partial charge in [-0.1, -0.05) is 6.07 Å². The summed E-state index contributed by atoms with van der Waals surface area (Å²) in [5.74, 6) is 0.242. The Morgan fingerprint density at radius 1 is 1.25 bits per heavy atom. The molecule has 166 valence electrons. The van der Waals surface area contributed by atoms with Crippen LogP contribution in [0.15, 0.2) is 41.2 Å². The maximum Gasteiger partial charge on any atom is 0.416 e. The minimum absolute atomic E-state index is 0.00908. The van der Waals surface area contributed by atoms with Gasteiger partial charge < -0.3 is 14.7 Å². The van der Waals surface area contributed by atoms with E-state index in [1.165, 1.54) is 22.8 Å². The highest BCUT2D eigenvalue weighted by atomic mass is 19.4. The van der Waals surface area contributed by atoms with Crippen molar-refractivity contribution in [2.24, 2.45) is 7.05 Å². The molecule has 2 aromatic heterocycles. The predicted molar refractivity (Wildman–Crippen MR) is 108 cm³/mol. The zero-order valence-corrected chi connectivity index (χ0v) is 16.9. The Morgan fingerprint density at radius 2 is 2.03 bits per heavy atom. The molecule has 0 saturated carbocycles. The Morgan fingerprint density at radius 3 is 2.72 bits per heavy atom. The van der Waals surface area contributed by atoms with E-state index in [4.69, 9.17) is 10.00 Å². The van der Waals surface area contributed by atoms with E-state index >= 15 is 0 Å². The monoisotopic (exact) mass is 445 g/mol. The molecule has 3 heterocycles. The lowest BCUT2D eigenvalue weighted by molar-refractivity contribution is -0.137. The summed E-state index contributed by atoms with van der Waals surface area (Å²) >= 11 is 0. The number of β-amino-alcohol motifs (C(OH)–C–C–N with tert-alkyl or cyclic N) is 1. The number of aliphatic hydroxyl groups is 1. The number of pyridine rings is 1. The zero-order chi connectivity index (χ0) is 23.0. The number of nitriles is 1. The Balaban J connectivity index is 1.58. The molecule has 32 heavy (non-hydrogen) atoms. The van der Waals surface area contributed by atoms with Crippen LogP contribution in [0.1, 0.15) is 17.7 Å². The van der Waals surface area contributed by atoms with E-state index < -0.39 is 29.6 Å². The normalized spacial score (nSPS) is 19.1. The van der Waals surface area contributed by atoms with Gasteiger partial charge in [0.15, 0.2) is 5.82 Å². The van der Waals surface area contributed by atoms with Gasteiger partial charge in [-0.05, 0) is 30.3 Å². The molecule has 1 aromatic carbocycles. The van der Waals surface area contributed by atoms with Gasteiger partial charge in [0, 0.05) is 26.6 Å². The number of aliphatic hydroxyl groups excluding tert-OH is 1. The third-order valence-corrected chi connectivity index (χ3v) is 5.32. The van der Waals surface area contributed by atoms with Gasteiger partial charge in [-0.25, -0.2) is 9.78 Å². The molecule has 4 rings (SSSR count). The van der Waals surface area contributed by atoms with Gasteiger partial charge in [-0.2, -0.15) is 23.4 Å². The highest BCUT2D eigenvalue weighted by Gasteiger charge is 2.33. The van der Waals surface area contributed by atoms with Crippen LogP contribution in [0.5, 0.6) is 5.75 Å². The highest BCUT2D eigenvalue weighted by molar-refractivity contribution is 5.86. The Labute approximate surface area is 180 Å². The summed E-state index contributed by atoms with van der Waals surface area (Å²) in [7, 11) is 1.54. The van der Waals surface area contributed by atoms with Crippen molar-refractivity contribution >= 4 is 16.9 Å². The van der Waals surface area contributed by atoms with E-state index in [1.807, 2.05) is 6.07 Å². The maximum atomic E-state index is 12.9. The van der Waals surface area contributed by atoms with Crippen LogP contribution >= 0.6 is 0 Å². The lowest BCUT2D eigenvalue weighted by Gasteiger charge is -2.36. The number of anilines is 1. The van der Waals surface area contributed by atoms with Crippen molar-refractivity contribution in [3.63, 3.8) is 0 Å². The minimum Gasteiger partial charge on any atom is -0.488 e. The summed E-state index contributed by atoms with van der Waals surface area (Å²) in [5.41, 5.74) is -0.373. The molecular weight excluding hydrogens is 427 g/mol. The molecule has 3 aromatic rings. The molecule has 1 saturated heterocycles. The minimum atomic E-state index is -4.50. The van der Waals surface area contributed by atoms with Gasteiger partial charge in [-0.3, -0.25) is 4.57 Å². The number of rotatable bonds is 3. The van der Waals surface area contributed by atoms with E-state index in [0.717, 1.165) is 12.1 Å². The number of fused-ring (bicyclic) bond motifs is 1. The number of hydrogen-bond acceptors (Lipinski definition) is 7. The molecule has 0 unspecified atom stereocenters. The van der Waals surface area contributed by atoms with E-state index in [-0.39, 0.29) is 30.2 Å². The summed E-state index contributed by atoms with van der Waals surface area (Å²) in [6.45, 7) is 0.339. The third kappa shape index (κ3) is 4.09. The zero-order valence-electron chi connectivity index (χ0n) is 16.9. The number of nitrogens with zero attached hydrogens (tertiary/aromatic N) is 5. The van der Waals surface area contributed by atoms with Crippen LogP contribution in [0.25, 0.3) is 11.0 Å². The highest BCUT2D eigenvalue weighted by Crippen LogP contribution is 2.32. The molecule has 0 bridgehead atoms. The van der Waals surface area contributed by atoms with Crippen molar-refractivity contribution in [3.05, 3.63) is 58.1 Å². The summed E-state index contributed by atoms with van der Waals surface area (Å²) in [4.78, 5) is 22.3. The smallest absolute Gasteiger partial charge is 0.416 e. The molecule has 11 heteroatoms. The third-order valence-electron chi connectivity index (χ3n) is 5.32. The van der Waals surface area contributed by atoms with Crippen LogP contribution in [0.2, 0.25) is 0 Å².